The van der Waals surface area contributed by atoms with E-state index in [-0.39, 0.29) is 23.5 Å². The van der Waals surface area contributed by atoms with Crippen LogP contribution in [0, 0.1) is 0 Å². The Morgan fingerprint density at radius 2 is 1.84 bits per heavy atom. The van der Waals surface area contributed by atoms with Gasteiger partial charge in [0, 0.05) is 35.6 Å². The monoisotopic (exact) mass is 540 g/mol. The normalized spacial score (nSPS) is 20.0. The zero-order valence-electron chi connectivity index (χ0n) is 21.0. The molecule has 0 saturated heterocycles. The zero-order valence-corrected chi connectivity index (χ0v) is 22.6. The standard InChI is InChI=1S/C27H32N4O4S2/c1-17(2)35-27(32)31-19-7-5-18(6-8-19)26-29-16-24(36-26)23-12-9-20(30-21-4-3-13-28-15-21)14-25(23)37(33,34)22-10-11-22/h3-4,9,12-19,22,30H,5-8,10-11H2,1-2H3,(H,31,32). The number of alkyl carbamates (subject to hydrolysis) is 1. The van der Waals surface area contributed by atoms with Crippen LogP contribution in [0.3, 0.4) is 0 Å². The molecule has 0 aliphatic heterocycles. The number of nitrogens with zero attached hydrogens (tertiary/aromatic N) is 2. The molecule has 10 heteroatoms. The van der Waals surface area contributed by atoms with Crippen molar-refractivity contribution < 1.29 is 17.9 Å². The predicted octanol–water partition coefficient (Wildman–Crippen LogP) is 6.05. The van der Waals surface area contributed by atoms with E-state index in [1.54, 1.807) is 36.0 Å². The van der Waals surface area contributed by atoms with Crippen LogP contribution in [0.4, 0.5) is 16.2 Å². The number of hydrogen-bond donors (Lipinski definition) is 2. The molecular formula is C27H32N4O4S2. The van der Waals surface area contributed by atoms with Crippen molar-refractivity contribution in [3.63, 3.8) is 0 Å². The molecule has 8 nitrogen and oxygen atoms in total. The summed E-state index contributed by atoms with van der Waals surface area (Å²) in [5, 5.41) is 6.93. The van der Waals surface area contributed by atoms with Gasteiger partial charge in [-0.1, -0.05) is 6.07 Å². The van der Waals surface area contributed by atoms with E-state index in [0.29, 0.717) is 34.9 Å². The van der Waals surface area contributed by atoms with E-state index in [0.717, 1.165) is 41.3 Å². The summed E-state index contributed by atoms with van der Waals surface area (Å²) in [5.41, 5.74) is 2.22. The molecule has 0 unspecified atom stereocenters. The first kappa shape index (κ1) is 25.7. The minimum atomic E-state index is -3.43. The summed E-state index contributed by atoms with van der Waals surface area (Å²) in [6.07, 6.45) is 9.68. The Kier molecular flexibility index (Phi) is 7.48. The molecule has 2 aliphatic carbocycles. The van der Waals surface area contributed by atoms with Crippen molar-refractivity contribution in [2.24, 2.45) is 0 Å². The number of carbonyl (C=O) groups is 1. The second-order valence-electron chi connectivity index (χ2n) is 10.0. The second-order valence-corrected chi connectivity index (χ2v) is 13.3. The van der Waals surface area contributed by atoms with Crippen LogP contribution >= 0.6 is 11.3 Å². The number of aromatic nitrogens is 2. The summed E-state index contributed by atoms with van der Waals surface area (Å²) in [6.45, 7) is 3.67. The molecular weight excluding hydrogens is 508 g/mol. The van der Waals surface area contributed by atoms with E-state index in [2.05, 4.69) is 15.6 Å². The van der Waals surface area contributed by atoms with Crippen LogP contribution in [0.15, 0.2) is 53.8 Å². The molecule has 37 heavy (non-hydrogen) atoms. The number of benzene rings is 1. The van der Waals surface area contributed by atoms with Crippen LogP contribution in [0.25, 0.3) is 10.4 Å². The van der Waals surface area contributed by atoms with Crippen molar-refractivity contribution >= 4 is 38.6 Å². The Hall–Kier alpha value is -2.98. The minimum absolute atomic E-state index is 0.108. The molecule has 5 rings (SSSR count). The highest BCUT2D eigenvalue weighted by atomic mass is 32.2. The average Bonchev–Trinajstić information content (AvgIpc) is 3.63. The highest BCUT2D eigenvalue weighted by molar-refractivity contribution is 7.92. The summed E-state index contributed by atoms with van der Waals surface area (Å²) in [7, 11) is -3.43. The molecule has 2 heterocycles. The van der Waals surface area contributed by atoms with Crippen molar-refractivity contribution in [1.29, 1.82) is 0 Å². The molecule has 0 bridgehead atoms. The number of rotatable bonds is 8. The Balaban J connectivity index is 1.33. The maximum Gasteiger partial charge on any atom is 0.407 e. The smallest absolute Gasteiger partial charge is 0.407 e. The van der Waals surface area contributed by atoms with Gasteiger partial charge in [0.15, 0.2) is 9.84 Å². The number of sulfone groups is 1. The van der Waals surface area contributed by atoms with Gasteiger partial charge >= 0.3 is 6.09 Å². The van der Waals surface area contributed by atoms with Gasteiger partial charge in [-0.15, -0.1) is 11.3 Å². The molecule has 196 valence electrons. The van der Waals surface area contributed by atoms with E-state index in [4.69, 9.17) is 9.72 Å². The number of pyridine rings is 1. The number of hydrogen-bond acceptors (Lipinski definition) is 8. The van der Waals surface area contributed by atoms with E-state index < -0.39 is 9.84 Å². The Morgan fingerprint density at radius 1 is 1.05 bits per heavy atom. The Labute approximate surface area is 221 Å². The lowest BCUT2D eigenvalue weighted by atomic mass is 9.86. The van der Waals surface area contributed by atoms with Crippen LogP contribution in [0.2, 0.25) is 0 Å². The van der Waals surface area contributed by atoms with Gasteiger partial charge in [-0.2, -0.15) is 0 Å². The molecule has 2 N–H and O–H groups in total. The first-order valence-electron chi connectivity index (χ1n) is 12.8. The molecule has 2 saturated carbocycles. The lowest BCUT2D eigenvalue weighted by Gasteiger charge is -2.28. The molecule has 2 fully saturated rings. The quantitative estimate of drug-likeness (QED) is 0.358. The summed E-state index contributed by atoms with van der Waals surface area (Å²) >= 11 is 1.57. The largest absolute Gasteiger partial charge is 0.447 e. The Morgan fingerprint density at radius 3 is 2.51 bits per heavy atom. The van der Waals surface area contributed by atoms with Crippen molar-refractivity contribution in [2.45, 2.75) is 80.6 Å². The summed E-state index contributed by atoms with van der Waals surface area (Å²) < 4.78 is 32.0. The van der Waals surface area contributed by atoms with E-state index in [9.17, 15) is 13.2 Å². The summed E-state index contributed by atoms with van der Waals surface area (Å²) in [6, 6.07) is 9.36. The van der Waals surface area contributed by atoms with E-state index in [1.165, 1.54) is 0 Å². The molecule has 2 aliphatic rings. The second kappa shape index (κ2) is 10.8. The number of carbonyl (C=O) groups excluding carboxylic acids is 1. The number of anilines is 2. The topological polar surface area (TPSA) is 110 Å². The average molecular weight is 541 g/mol. The number of ether oxygens (including phenoxy) is 1. The molecule has 0 atom stereocenters. The van der Waals surface area contributed by atoms with Crippen molar-refractivity contribution in [3.05, 3.63) is 53.9 Å². The number of amides is 1. The van der Waals surface area contributed by atoms with Crippen molar-refractivity contribution in [3.8, 4) is 10.4 Å². The van der Waals surface area contributed by atoms with Crippen LogP contribution in [-0.2, 0) is 14.6 Å². The van der Waals surface area contributed by atoms with Crippen LogP contribution in [-0.4, -0.2) is 41.9 Å². The van der Waals surface area contributed by atoms with Gasteiger partial charge in [0.05, 0.1) is 38.0 Å². The SMILES string of the molecule is CC(C)OC(=O)NC1CCC(c2ncc(-c3ccc(Nc4cccnc4)cc3S(=O)(=O)C3CC3)s2)CC1. The predicted molar refractivity (Wildman–Crippen MR) is 145 cm³/mol. The summed E-state index contributed by atoms with van der Waals surface area (Å²) in [5.74, 6) is 0.299. The molecule has 1 amide bonds. The van der Waals surface area contributed by atoms with E-state index >= 15 is 0 Å². The van der Waals surface area contributed by atoms with Crippen molar-refractivity contribution in [2.75, 3.05) is 5.32 Å². The molecule has 3 aromatic rings. The first-order valence-corrected chi connectivity index (χ1v) is 15.1. The fourth-order valence-electron chi connectivity index (χ4n) is 4.70. The fraction of sp³-hybridized carbons (Fsp3) is 0.444. The van der Waals surface area contributed by atoms with Crippen LogP contribution in [0.1, 0.15) is 63.3 Å². The highest BCUT2D eigenvalue weighted by Gasteiger charge is 2.38. The third-order valence-electron chi connectivity index (χ3n) is 6.73. The number of nitrogens with one attached hydrogen (secondary N) is 2. The molecule has 1 aromatic carbocycles. The first-order chi connectivity index (χ1) is 17.8. The van der Waals surface area contributed by atoms with Gasteiger partial charge in [0.2, 0.25) is 0 Å². The van der Waals surface area contributed by atoms with Gasteiger partial charge in [0.25, 0.3) is 0 Å². The molecule has 0 radical (unpaired) electrons. The highest BCUT2D eigenvalue weighted by Crippen LogP contribution is 2.43. The van der Waals surface area contributed by atoms with Gasteiger partial charge in [0.1, 0.15) is 0 Å². The fourth-order valence-corrected chi connectivity index (χ4v) is 7.78. The van der Waals surface area contributed by atoms with Crippen LogP contribution < -0.4 is 10.6 Å². The minimum Gasteiger partial charge on any atom is -0.447 e. The molecule has 0 spiro atoms. The maximum absolute atomic E-state index is 13.4. The molecule has 2 aromatic heterocycles. The van der Waals surface area contributed by atoms with Crippen molar-refractivity contribution in [1.82, 2.24) is 15.3 Å². The number of thiazole rings is 1. The maximum atomic E-state index is 13.4. The van der Waals surface area contributed by atoms with Gasteiger partial charge in [-0.3, -0.25) is 4.98 Å². The zero-order chi connectivity index (χ0) is 26.0. The van der Waals surface area contributed by atoms with Gasteiger partial charge in [-0.25, -0.2) is 18.2 Å². The third kappa shape index (κ3) is 6.13. The van der Waals surface area contributed by atoms with Crippen LogP contribution in [0.5, 0.6) is 0 Å². The van der Waals surface area contributed by atoms with Gasteiger partial charge < -0.3 is 15.4 Å². The summed E-state index contributed by atoms with van der Waals surface area (Å²) in [4.78, 5) is 22.0. The van der Waals surface area contributed by atoms with E-state index in [1.807, 2.05) is 38.1 Å². The third-order valence-corrected chi connectivity index (χ3v) is 10.2. The van der Waals surface area contributed by atoms with Gasteiger partial charge in [-0.05, 0) is 76.6 Å². The Bertz CT molecular complexity index is 1350. The lowest BCUT2D eigenvalue weighted by Crippen LogP contribution is -2.38. The lowest BCUT2D eigenvalue weighted by molar-refractivity contribution is 0.109.